The average Bonchev–Trinajstić information content (AvgIpc) is 2.69. The van der Waals surface area contributed by atoms with Gasteiger partial charge in [-0.25, -0.2) is 4.68 Å². The third-order valence-corrected chi connectivity index (χ3v) is 5.77. The second-order valence-corrected chi connectivity index (χ2v) is 7.97. The molecule has 1 aromatic carbocycles. The van der Waals surface area contributed by atoms with Gasteiger partial charge in [-0.05, 0) is 43.7 Å². The number of carbonyl (C=O) groups is 1. The van der Waals surface area contributed by atoms with Crippen LogP contribution in [0.2, 0.25) is 0 Å². The first-order chi connectivity index (χ1) is 13.6. The molecule has 2 aromatic rings. The Labute approximate surface area is 165 Å². The van der Waals surface area contributed by atoms with Crippen molar-refractivity contribution in [3.05, 3.63) is 63.1 Å². The van der Waals surface area contributed by atoms with Gasteiger partial charge in [0.2, 0.25) is 5.91 Å². The quantitative estimate of drug-likeness (QED) is 0.811. The molecule has 0 radical (unpaired) electrons. The van der Waals surface area contributed by atoms with Gasteiger partial charge in [-0.2, -0.15) is 5.10 Å². The van der Waals surface area contributed by atoms with Gasteiger partial charge in [0, 0.05) is 38.8 Å². The molecule has 0 spiro atoms. The summed E-state index contributed by atoms with van der Waals surface area (Å²) in [7, 11) is 0. The molecule has 1 saturated heterocycles. The fourth-order valence-corrected chi connectivity index (χ4v) is 4.17. The number of aryl methyl sites for hydroxylation is 3. The van der Waals surface area contributed by atoms with E-state index in [9.17, 15) is 9.59 Å². The predicted octanol–water partition coefficient (Wildman–Crippen LogP) is 1.77. The summed E-state index contributed by atoms with van der Waals surface area (Å²) in [6.07, 6.45) is 4.05. The summed E-state index contributed by atoms with van der Waals surface area (Å²) < 4.78 is 1.35. The van der Waals surface area contributed by atoms with E-state index in [-0.39, 0.29) is 18.0 Å². The van der Waals surface area contributed by atoms with E-state index in [1.807, 2.05) is 4.90 Å². The highest BCUT2D eigenvalue weighted by Gasteiger charge is 2.22. The van der Waals surface area contributed by atoms with E-state index in [2.05, 4.69) is 41.2 Å². The van der Waals surface area contributed by atoms with Crippen molar-refractivity contribution in [1.29, 1.82) is 0 Å². The van der Waals surface area contributed by atoms with Gasteiger partial charge in [-0.1, -0.05) is 29.8 Å². The van der Waals surface area contributed by atoms with E-state index in [1.165, 1.54) is 15.8 Å². The van der Waals surface area contributed by atoms with Crippen molar-refractivity contribution in [1.82, 2.24) is 19.6 Å². The fourth-order valence-electron chi connectivity index (χ4n) is 4.17. The van der Waals surface area contributed by atoms with E-state index in [0.717, 1.165) is 56.6 Å². The summed E-state index contributed by atoms with van der Waals surface area (Å²) in [5.41, 5.74) is 4.47. The van der Waals surface area contributed by atoms with Crippen LogP contribution in [0.25, 0.3) is 0 Å². The summed E-state index contributed by atoms with van der Waals surface area (Å²) in [4.78, 5) is 29.3. The molecule has 0 bridgehead atoms. The number of hydrogen-bond donors (Lipinski definition) is 0. The second kappa shape index (κ2) is 8.27. The minimum Gasteiger partial charge on any atom is -0.339 e. The Morgan fingerprint density at radius 3 is 2.64 bits per heavy atom. The Balaban J connectivity index is 1.34. The van der Waals surface area contributed by atoms with Crippen LogP contribution in [0.1, 0.15) is 35.2 Å². The van der Waals surface area contributed by atoms with Crippen LogP contribution < -0.4 is 5.56 Å². The molecule has 2 aliphatic rings. The zero-order chi connectivity index (χ0) is 19.5. The van der Waals surface area contributed by atoms with Crippen molar-refractivity contribution in [2.45, 2.75) is 45.7 Å². The van der Waals surface area contributed by atoms with Gasteiger partial charge < -0.3 is 4.90 Å². The highest BCUT2D eigenvalue weighted by Crippen LogP contribution is 2.17. The first kappa shape index (κ1) is 18.9. The van der Waals surface area contributed by atoms with Crippen molar-refractivity contribution in [3.8, 4) is 0 Å². The number of carbonyl (C=O) groups excluding carboxylic acids is 1. The Morgan fingerprint density at radius 1 is 1.07 bits per heavy atom. The maximum Gasteiger partial charge on any atom is 0.267 e. The average molecular weight is 380 g/mol. The standard InChI is InChI=1S/C22H28N4O2/c1-17-5-4-6-18(13-17)15-24-9-11-25(12-10-24)22(28)16-26-21(27)14-19-7-2-3-8-20(19)23-26/h4-6,13-14H,2-3,7-12,15-16H2,1H3. The largest absolute Gasteiger partial charge is 0.339 e. The molecule has 1 amide bonds. The Kier molecular flexibility index (Phi) is 5.57. The minimum atomic E-state index is -0.160. The first-order valence-electron chi connectivity index (χ1n) is 10.2. The van der Waals surface area contributed by atoms with Gasteiger partial charge in [0.15, 0.2) is 0 Å². The van der Waals surface area contributed by atoms with Crippen LogP contribution in [0.5, 0.6) is 0 Å². The molecule has 1 fully saturated rings. The topological polar surface area (TPSA) is 58.4 Å². The van der Waals surface area contributed by atoms with Crippen molar-refractivity contribution >= 4 is 5.91 Å². The molecule has 6 heteroatoms. The molecule has 4 rings (SSSR count). The lowest BCUT2D eigenvalue weighted by Gasteiger charge is -2.34. The highest BCUT2D eigenvalue weighted by molar-refractivity contribution is 5.76. The maximum absolute atomic E-state index is 12.7. The maximum atomic E-state index is 12.7. The fraction of sp³-hybridized carbons (Fsp3) is 0.500. The Hall–Kier alpha value is -2.47. The molecule has 0 unspecified atom stereocenters. The van der Waals surface area contributed by atoms with Crippen LogP contribution in [-0.4, -0.2) is 51.7 Å². The van der Waals surface area contributed by atoms with Gasteiger partial charge in [0.1, 0.15) is 6.54 Å². The molecule has 2 heterocycles. The van der Waals surface area contributed by atoms with Crippen LogP contribution in [0.3, 0.4) is 0 Å². The van der Waals surface area contributed by atoms with E-state index in [1.54, 1.807) is 6.07 Å². The van der Waals surface area contributed by atoms with Crippen LogP contribution in [0, 0.1) is 6.92 Å². The summed E-state index contributed by atoms with van der Waals surface area (Å²) >= 11 is 0. The Morgan fingerprint density at radius 2 is 1.86 bits per heavy atom. The van der Waals surface area contributed by atoms with Gasteiger partial charge in [-0.15, -0.1) is 0 Å². The van der Waals surface area contributed by atoms with Gasteiger partial charge in [0.25, 0.3) is 5.56 Å². The number of hydrogen-bond acceptors (Lipinski definition) is 4. The number of amides is 1. The van der Waals surface area contributed by atoms with Crippen LogP contribution in [0.15, 0.2) is 35.1 Å². The van der Waals surface area contributed by atoms with Crippen molar-refractivity contribution < 1.29 is 4.79 Å². The number of benzene rings is 1. The molecule has 148 valence electrons. The molecule has 1 aliphatic heterocycles. The first-order valence-corrected chi connectivity index (χ1v) is 10.2. The van der Waals surface area contributed by atoms with Crippen molar-refractivity contribution in [3.63, 3.8) is 0 Å². The molecular formula is C22H28N4O2. The molecular weight excluding hydrogens is 352 g/mol. The molecule has 1 aromatic heterocycles. The third kappa shape index (κ3) is 4.33. The smallest absolute Gasteiger partial charge is 0.267 e. The van der Waals surface area contributed by atoms with Crippen LogP contribution >= 0.6 is 0 Å². The van der Waals surface area contributed by atoms with E-state index < -0.39 is 0 Å². The summed E-state index contributed by atoms with van der Waals surface area (Å²) in [5, 5.41) is 4.47. The number of rotatable bonds is 4. The van der Waals surface area contributed by atoms with Gasteiger partial charge in [-0.3, -0.25) is 14.5 Å². The molecule has 28 heavy (non-hydrogen) atoms. The predicted molar refractivity (Wildman–Crippen MR) is 108 cm³/mol. The summed E-state index contributed by atoms with van der Waals surface area (Å²) in [6, 6.07) is 10.2. The highest BCUT2D eigenvalue weighted by atomic mass is 16.2. The lowest BCUT2D eigenvalue weighted by atomic mass is 9.97. The number of nitrogens with zero attached hydrogens (tertiary/aromatic N) is 4. The Bertz CT molecular complexity index is 913. The number of piperazine rings is 1. The minimum absolute atomic E-state index is 0.0134. The van der Waals surface area contributed by atoms with Crippen molar-refractivity contribution in [2.24, 2.45) is 0 Å². The molecule has 1 aliphatic carbocycles. The lowest BCUT2D eigenvalue weighted by molar-refractivity contribution is -0.133. The van der Waals surface area contributed by atoms with E-state index in [4.69, 9.17) is 0 Å². The zero-order valence-corrected chi connectivity index (χ0v) is 16.6. The van der Waals surface area contributed by atoms with E-state index in [0.29, 0.717) is 13.1 Å². The normalized spacial score (nSPS) is 17.4. The zero-order valence-electron chi connectivity index (χ0n) is 16.6. The molecule has 6 nitrogen and oxygen atoms in total. The van der Waals surface area contributed by atoms with Gasteiger partial charge >= 0.3 is 0 Å². The third-order valence-electron chi connectivity index (χ3n) is 5.77. The SMILES string of the molecule is Cc1cccc(CN2CCN(C(=O)Cn3nc4c(cc3=O)CCCC4)CC2)c1. The van der Waals surface area contributed by atoms with E-state index >= 15 is 0 Å². The van der Waals surface area contributed by atoms with Crippen molar-refractivity contribution in [2.75, 3.05) is 26.2 Å². The number of aromatic nitrogens is 2. The molecule has 0 saturated carbocycles. The lowest BCUT2D eigenvalue weighted by Crippen LogP contribution is -2.49. The number of fused-ring (bicyclic) bond motifs is 1. The van der Waals surface area contributed by atoms with Gasteiger partial charge in [0.05, 0.1) is 5.69 Å². The summed E-state index contributed by atoms with van der Waals surface area (Å²) in [6.45, 7) is 6.17. The second-order valence-electron chi connectivity index (χ2n) is 7.97. The molecule has 0 N–H and O–H groups in total. The molecule has 0 atom stereocenters. The summed E-state index contributed by atoms with van der Waals surface area (Å²) in [5.74, 6) is -0.0134. The monoisotopic (exact) mass is 380 g/mol. The van der Waals surface area contributed by atoms with Crippen LogP contribution in [0.4, 0.5) is 0 Å². The van der Waals surface area contributed by atoms with Crippen LogP contribution in [-0.2, 0) is 30.7 Å².